The monoisotopic (exact) mass is 455 g/mol. The molecule has 0 radical (unpaired) electrons. The van der Waals surface area contributed by atoms with Crippen LogP contribution in [0.1, 0.15) is 24.3 Å². The number of carbonyl (C=O) groups excluding carboxylic acids is 1. The van der Waals surface area contributed by atoms with Crippen LogP contribution in [0.3, 0.4) is 0 Å². The lowest BCUT2D eigenvalue weighted by Gasteiger charge is -2.30. The highest BCUT2D eigenvalue weighted by atomic mass is 35.5. The molecule has 0 spiro atoms. The van der Waals surface area contributed by atoms with E-state index in [-0.39, 0.29) is 28.2 Å². The van der Waals surface area contributed by atoms with Gasteiger partial charge in [-0.25, -0.2) is 0 Å². The summed E-state index contributed by atoms with van der Waals surface area (Å²) in [6, 6.07) is 11.9. The second-order valence-electron chi connectivity index (χ2n) is 7.79. The summed E-state index contributed by atoms with van der Waals surface area (Å²) < 4.78 is 5.42. The third-order valence-corrected chi connectivity index (χ3v) is 5.92. The first kappa shape index (κ1) is 21.9. The molecular weight excluding hydrogens is 434 g/mol. The number of rotatable bonds is 6. The van der Waals surface area contributed by atoms with Gasteiger partial charge in [-0.15, -0.1) is 0 Å². The van der Waals surface area contributed by atoms with Gasteiger partial charge in [-0.1, -0.05) is 41.0 Å². The predicted octanol–water partition coefficient (Wildman–Crippen LogP) is 4.46. The van der Waals surface area contributed by atoms with Crippen molar-refractivity contribution in [2.45, 2.75) is 26.3 Å². The molecule has 0 atom stereocenters. The number of nitrogens with zero attached hydrogens (tertiary/aromatic N) is 4. The number of nitro groups is 1. The molecule has 1 fully saturated rings. The zero-order valence-electron chi connectivity index (χ0n) is 17.5. The van der Waals surface area contributed by atoms with Gasteiger partial charge in [-0.3, -0.25) is 19.8 Å². The number of aryl methyl sites for hydroxylation is 1. The predicted molar refractivity (Wildman–Crippen MR) is 119 cm³/mol. The molecule has 1 saturated heterocycles. The Labute approximate surface area is 189 Å². The summed E-state index contributed by atoms with van der Waals surface area (Å²) in [5, 5.41) is 18.1. The lowest BCUT2D eigenvalue weighted by molar-refractivity contribution is -0.384. The van der Waals surface area contributed by atoms with E-state index in [4.69, 9.17) is 16.1 Å². The first-order chi connectivity index (χ1) is 15.4. The Bertz CT molecular complexity index is 1140. The van der Waals surface area contributed by atoms with E-state index in [1.54, 1.807) is 0 Å². The molecule has 1 amide bonds. The third kappa shape index (κ3) is 4.95. The zero-order chi connectivity index (χ0) is 22.7. The van der Waals surface area contributed by atoms with E-state index in [0.717, 1.165) is 11.1 Å². The van der Waals surface area contributed by atoms with Crippen molar-refractivity contribution < 1.29 is 14.2 Å². The molecule has 1 aromatic heterocycles. The van der Waals surface area contributed by atoms with Crippen molar-refractivity contribution >= 4 is 28.9 Å². The number of benzene rings is 2. The number of likely N-dealkylation sites (tertiary alicyclic amines) is 1. The molecule has 1 aliphatic heterocycles. The molecule has 0 saturated carbocycles. The number of halogens is 1. The number of aromatic nitrogens is 2. The maximum absolute atomic E-state index is 12.7. The summed E-state index contributed by atoms with van der Waals surface area (Å²) in [4.78, 5) is 29.8. The second-order valence-corrected chi connectivity index (χ2v) is 8.19. The normalized spacial score (nSPS) is 14.9. The van der Waals surface area contributed by atoms with Crippen LogP contribution in [0.2, 0.25) is 5.02 Å². The first-order valence-electron chi connectivity index (χ1n) is 10.3. The minimum Gasteiger partial charge on any atom is -0.338 e. The van der Waals surface area contributed by atoms with Gasteiger partial charge < -0.3 is 9.84 Å². The molecule has 10 heteroatoms. The fraction of sp³-hybridized carbons (Fsp3) is 0.318. The minimum atomic E-state index is -0.521. The van der Waals surface area contributed by atoms with E-state index in [1.807, 2.05) is 31.2 Å². The van der Waals surface area contributed by atoms with Crippen molar-refractivity contribution in [2.24, 2.45) is 5.92 Å². The number of nitrogens with one attached hydrogen (secondary N) is 1. The van der Waals surface area contributed by atoms with Crippen LogP contribution in [-0.4, -0.2) is 39.0 Å². The van der Waals surface area contributed by atoms with Gasteiger partial charge in [0.15, 0.2) is 0 Å². The smallest absolute Gasteiger partial charge is 0.271 e. The van der Waals surface area contributed by atoms with Gasteiger partial charge in [-0.2, -0.15) is 4.98 Å². The molecule has 9 nitrogen and oxygen atoms in total. The maximum Gasteiger partial charge on any atom is 0.271 e. The SMILES string of the molecule is Cc1ccccc1-c1noc(CN2CCC(C(=O)Nc3cc([N+](=O)[O-])ccc3Cl)CC2)n1. The van der Waals surface area contributed by atoms with Crippen molar-refractivity contribution in [3.8, 4) is 11.4 Å². The highest BCUT2D eigenvalue weighted by Crippen LogP contribution is 2.28. The molecule has 0 unspecified atom stereocenters. The molecule has 1 N–H and O–H groups in total. The molecule has 1 aliphatic rings. The number of amides is 1. The van der Waals surface area contributed by atoms with Crippen molar-refractivity contribution in [1.29, 1.82) is 0 Å². The summed E-state index contributed by atoms with van der Waals surface area (Å²) >= 11 is 6.08. The van der Waals surface area contributed by atoms with E-state index in [9.17, 15) is 14.9 Å². The van der Waals surface area contributed by atoms with Gasteiger partial charge >= 0.3 is 0 Å². The van der Waals surface area contributed by atoms with Crippen molar-refractivity contribution in [3.05, 3.63) is 69.1 Å². The molecule has 3 aromatic rings. The largest absolute Gasteiger partial charge is 0.338 e. The van der Waals surface area contributed by atoms with Gasteiger partial charge in [0.05, 0.1) is 22.2 Å². The number of non-ortho nitro benzene ring substituents is 1. The Kier molecular flexibility index (Phi) is 6.48. The average molecular weight is 456 g/mol. The van der Waals surface area contributed by atoms with Gasteiger partial charge in [0.1, 0.15) is 0 Å². The summed E-state index contributed by atoms with van der Waals surface area (Å²) in [6.45, 7) is 3.91. The Morgan fingerprint density at radius 3 is 2.75 bits per heavy atom. The molecule has 166 valence electrons. The lowest BCUT2D eigenvalue weighted by atomic mass is 9.96. The van der Waals surface area contributed by atoms with E-state index >= 15 is 0 Å². The van der Waals surface area contributed by atoms with Crippen molar-refractivity contribution in [2.75, 3.05) is 18.4 Å². The Morgan fingerprint density at radius 1 is 1.28 bits per heavy atom. The highest BCUT2D eigenvalue weighted by Gasteiger charge is 2.27. The number of nitro benzene ring substituents is 1. The van der Waals surface area contributed by atoms with Crippen LogP contribution in [0.25, 0.3) is 11.4 Å². The average Bonchev–Trinajstić information content (AvgIpc) is 3.24. The third-order valence-electron chi connectivity index (χ3n) is 5.59. The van der Waals surface area contributed by atoms with Crippen LogP contribution in [0.5, 0.6) is 0 Å². The van der Waals surface area contributed by atoms with Gasteiger partial charge in [0, 0.05) is 23.6 Å². The summed E-state index contributed by atoms with van der Waals surface area (Å²) in [5.74, 6) is 0.717. The Balaban J connectivity index is 1.32. The number of carbonyl (C=O) groups is 1. The van der Waals surface area contributed by atoms with E-state index in [1.165, 1.54) is 18.2 Å². The molecule has 32 heavy (non-hydrogen) atoms. The van der Waals surface area contributed by atoms with Crippen LogP contribution in [0, 0.1) is 23.0 Å². The quantitative estimate of drug-likeness (QED) is 0.431. The second kappa shape index (κ2) is 9.46. The fourth-order valence-electron chi connectivity index (χ4n) is 3.75. The topological polar surface area (TPSA) is 114 Å². The minimum absolute atomic E-state index is 0.121. The number of hydrogen-bond acceptors (Lipinski definition) is 7. The summed E-state index contributed by atoms with van der Waals surface area (Å²) in [5.41, 5.74) is 2.15. The highest BCUT2D eigenvalue weighted by molar-refractivity contribution is 6.33. The standard InChI is InChI=1S/C22H22ClN5O4/c1-14-4-2-3-5-17(14)21-25-20(32-26-21)13-27-10-8-15(9-11-27)22(29)24-19-12-16(28(30)31)6-7-18(19)23/h2-7,12,15H,8-11,13H2,1H3,(H,24,29). The summed E-state index contributed by atoms with van der Waals surface area (Å²) in [6.07, 6.45) is 1.30. The first-order valence-corrected chi connectivity index (χ1v) is 10.6. The van der Waals surface area contributed by atoms with Crippen molar-refractivity contribution in [1.82, 2.24) is 15.0 Å². The molecule has 0 bridgehead atoms. The van der Waals surface area contributed by atoms with Crippen LogP contribution in [-0.2, 0) is 11.3 Å². The fourth-order valence-corrected chi connectivity index (χ4v) is 3.92. The van der Waals surface area contributed by atoms with E-state index < -0.39 is 4.92 Å². The van der Waals surface area contributed by atoms with E-state index in [0.29, 0.717) is 44.2 Å². The van der Waals surface area contributed by atoms with Gasteiger partial charge in [0.2, 0.25) is 17.6 Å². The molecule has 2 aromatic carbocycles. The number of anilines is 1. The molecular formula is C22H22ClN5O4. The molecule has 2 heterocycles. The number of piperidine rings is 1. The van der Waals surface area contributed by atoms with Crippen LogP contribution in [0.15, 0.2) is 47.0 Å². The Hall–Kier alpha value is -3.30. The number of hydrogen-bond donors (Lipinski definition) is 1. The summed E-state index contributed by atoms with van der Waals surface area (Å²) in [7, 11) is 0. The zero-order valence-corrected chi connectivity index (χ0v) is 18.2. The van der Waals surface area contributed by atoms with Gasteiger partial charge in [0.25, 0.3) is 5.69 Å². The molecule has 4 rings (SSSR count). The maximum atomic E-state index is 12.7. The lowest BCUT2D eigenvalue weighted by Crippen LogP contribution is -2.37. The van der Waals surface area contributed by atoms with Gasteiger partial charge in [-0.05, 0) is 44.5 Å². The Morgan fingerprint density at radius 2 is 2.03 bits per heavy atom. The van der Waals surface area contributed by atoms with E-state index in [2.05, 4.69) is 20.4 Å². The van der Waals surface area contributed by atoms with Crippen LogP contribution in [0.4, 0.5) is 11.4 Å². The molecule has 0 aliphatic carbocycles. The van der Waals surface area contributed by atoms with Crippen molar-refractivity contribution in [3.63, 3.8) is 0 Å². The van der Waals surface area contributed by atoms with Crippen LogP contribution >= 0.6 is 11.6 Å². The van der Waals surface area contributed by atoms with Crippen LogP contribution < -0.4 is 5.32 Å².